The van der Waals surface area contributed by atoms with Crippen molar-refractivity contribution < 1.29 is 9.47 Å². The van der Waals surface area contributed by atoms with Crippen molar-refractivity contribution in [1.82, 2.24) is 10.3 Å². The quantitative estimate of drug-likeness (QED) is 0.721. The molecule has 0 spiro atoms. The lowest BCUT2D eigenvalue weighted by molar-refractivity contribution is 0.109. The Bertz CT molecular complexity index is 354. The number of hydrogen-bond donors (Lipinski definition) is 1. The van der Waals surface area contributed by atoms with Gasteiger partial charge in [-0.2, -0.15) is 0 Å². The van der Waals surface area contributed by atoms with Gasteiger partial charge in [0.15, 0.2) is 0 Å². The van der Waals surface area contributed by atoms with E-state index in [1.165, 1.54) is 0 Å². The van der Waals surface area contributed by atoms with Gasteiger partial charge in [0.1, 0.15) is 12.4 Å². The van der Waals surface area contributed by atoms with Gasteiger partial charge in [-0.25, -0.2) is 0 Å². The molecule has 4 nitrogen and oxygen atoms in total. The first-order valence-electron chi connectivity index (χ1n) is 6.53. The highest BCUT2D eigenvalue weighted by Crippen LogP contribution is 2.18. The van der Waals surface area contributed by atoms with Crippen LogP contribution in [0.1, 0.15) is 32.0 Å². The van der Waals surface area contributed by atoms with Crippen LogP contribution < -0.4 is 10.1 Å². The molecular weight excluding hydrogens is 228 g/mol. The Morgan fingerprint density at radius 3 is 2.78 bits per heavy atom. The summed E-state index contributed by atoms with van der Waals surface area (Å²) in [5.74, 6) is 0.898. The standard InChI is InChI=1S/C14H24N2O2/c1-5-17-6-7-18-14-8-12(4)16-10-13(14)9-15-11(2)3/h8,10-11,15H,5-7,9H2,1-4H3. The number of nitrogens with one attached hydrogen (secondary N) is 1. The Balaban J connectivity index is 2.58. The molecule has 18 heavy (non-hydrogen) atoms. The molecule has 0 aliphatic carbocycles. The molecule has 102 valence electrons. The van der Waals surface area contributed by atoms with Crippen molar-refractivity contribution in [2.24, 2.45) is 0 Å². The lowest BCUT2D eigenvalue weighted by Gasteiger charge is -2.14. The summed E-state index contributed by atoms with van der Waals surface area (Å²) in [5, 5.41) is 3.37. The van der Waals surface area contributed by atoms with Crippen LogP contribution in [0.4, 0.5) is 0 Å². The summed E-state index contributed by atoms with van der Waals surface area (Å²) < 4.78 is 11.0. The molecular formula is C14H24N2O2. The van der Waals surface area contributed by atoms with E-state index in [1.54, 1.807) is 0 Å². The van der Waals surface area contributed by atoms with Crippen molar-refractivity contribution in [3.05, 3.63) is 23.5 Å². The van der Waals surface area contributed by atoms with Crippen LogP contribution in [-0.2, 0) is 11.3 Å². The second-order valence-corrected chi connectivity index (χ2v) is 4.51. The highest BCUT2D eigenvalue weighted by Gasteiger charge is 2.06. The average molecular weight is 252 g/mol. The van der Waals surface area contributed by atoms with E-state index in [1.807, 2.05) is 26.1 Å². The fraction of sp³-hybridized carbons (Fsp3) is 0.643. The first-order valence-corrected chi connectivity index (χ1v) is 6.53. The number of ether oxygens (including phenoxy) is 2. The molecule has 1 rings (SSSR count). The highest BCUT2D eigenvalue weighted by molar-refractivity contribution is 5.32. The molecule has 0 aliphatic heterocycles. The van der Waals surface area contributed by atoms with E-state index in [9.17, 15) is 0 Å². The van der Waals surface area contributed by atoms with Crippen molar-refractivity contribution in [2.45, 2.75) is 40.3 Å². The van der Waals surface area contributed by atoms with Crippen LogP contribution in [0.3, 0.4) is 0 Å². The minimum absolute atomic E-state index is 0.447. The normalized spacial score (nSPS) is 10.9. The predicted molar refractivity (Wildman–Crippen MR) is 72.9 cm³/mol. The maximum Gasteiger partial charge on any atom is 0.127 e. The van der Waals surface area contributed by atoms with Gasteiger partial charge in [0.25, 0.3) is 0 Å². The molecule has 0 atom stereocenters. The molecule has 1 N–H and O–H groups in total. The Labute approximate surface area is 110 Å². The number of rotatable bonds is 8. The van der Waals surface area contributed by atoms with E-state index in [2.05, 4.69) is 24.1 Å². The van der Waals surface area contributed by atoms with Crippen molar-refractivity contribution in [3.8, 4) is 5.75 Å². The molecule has 0 saturated heterocycles. The van der Waals surface area contributed by atoms with Gasteiger partial charge in [-0.1, -0.05) is 13.8 Å². The smallest absolute Gasteiger partial charge is 0.127 e. The van der Waals surface area contributed by atoms with Crippen LogP contribution in [0, 0.1) is 6.92 Å². The molecule has 0 saturated carbocycles. The average Bonchev–Trinajstić information content (AvgIpc) is 2.33. The van der Waals surface area contributed by atoms with E-state index in [4.69, 9.17) is 9.47 Å². The fourth-order valence-electron chi connectivity index (χ4n) is 1.50. The van der Waals surface area contributed by atoms with Crippen molar-refractivity contribution >= 4 is 0 Å². The summed E-state index contributed by atoms with van der Waals surface area (Å²) in [4.78, 5) is 4.31. The summed E-state index contributed by atoms with van der Waals surface area (Å²) in [6.07, 6.45) is 1.88. The summed E-state index contributed by atoms with van der Waals surface area (Å²) in [7, 11) is 0. The van der Waals surface area contributed by atoms with Gasteiger partial charge in [-0.3, -0.25) is 4.98 Å². The highest BCUT2D eigenvalue weighted by atomic mass is 16.5. The van der Waals surface area contributed by atoms with E-state index < -0.39 is 0 Å². The zero-order valence-electron chi connectivity index (χ0n) is 11.8. The zero-order valence-corrected chi connectivity index (χ0v) is 11.8. The number of nitrogens with zero attached hydrogens (tertiary/aromatic N) is 1. The Morgan fingerprint density at radius 1 is 1.33 bits per heavy atom. The van der Waals surface area contributed by atoms with E-state index in [0.29, 0.717) is 19.3 Å². The monoisotopic (exact) mass is 252 g/mol. The first-order chi connectivity index (χ1) is 8.63. The summed E-state index contributed by atoms with van der Waals surface area (Å²) in [6, 6.07) is 2.42. The number of hydrogen-bond acceptors (Lipinski definition) is 4. The number of pyridine rings is 1. The maximum absolute atomic E-state index is 5.75. The molecule has 0 aromatic carbocycles. The van der Waals surface area contributed by atoms with Crippen LogP contribution >= 0.6 is 0 Å². The molecule has 0 unspecified atom stereocenters. The van der Waals surface area contributed by atoms with Gasteiger partial charge in [0.05, 0.1) is 6.61 Å². The van der Waals surface area contributed by atoms with E-state index >= 15 is 0 Å². The third-order valence-corrected chi connectivity index (χ3v) is 2.47. The zero-order chi connectivity index (χ0) is 13.4. The van der Waals surface area contributed by atoms with Gasteiger partial charge in [-0.05, 0) is 13.8 Å². The van der Waals surface area contributed by atoms with E-state index in [0.717, 1.165) is 30.2 Å². The molecule has 4 heteroatoms. The molecule has 1 heterocycles. The molecule has 0 aliphatic rings. The fourth-order valence-corrected chi connectivity index (χ4v) is 1.50. The van der Waals surface area contributed by atoms with Crippen LogP contribution in [0.2, 0.25) is 0 Å². The van der Waals surface area contributed by atoms with Crippen LogP contribution in [0.25, 0.3) is 0 Å². The third-order valence-electron chi connectivity index (χ3n) is 2.47. The molecule has 0 radical (unpaired) electrons. The van der Waals surface area contributed by atoms with Gasteiger partial charge in [0.2, 0.25) is 0 Å². The predicted octanol–water partition coefficient (Wildman–Crippen LogP) is 2.30. The number of aromatic nitrogens is 1. The lowest BCUT2D eigenvalue weighted by atomic mass is 10.2. The van der Waals surface area contributed by atoms with Crippen molar-refractivity contribution in [1.29, 1.82) is 0 Å². The second kappa shape index (κ2) is 8.06. The minimum atomic E-state index is 0.447. The van der Waals surface area contributed by atoms with Crippen molar-refractivity contribution in [2.75, 3.05) is 19.8 Å². The molecule has 1 aromatic rings. The van der Waals surface area contributed by atoms with Crippen LogP contribution in [0.15, 0.2) is 12.3 Å². The minimum Gasteiger partial charge on any atom is -0.491 e. The molecule has 1 aromatic heterocycles. The Hall–Kier alpha value is -1.13. The largest absolute Gasteiger partial charge is 0.491 e. The van der Waals surface area contributed by atoms with E-state index in [-0.39, 0.29) is 0 Å². The molecule has 0 fully saturated rings. The Morgan fingerprint density at radius 2 is 2.11 bits per heavy atom. The number of aryl methyl sites for hydroxylation is 1. The summed E-state index contributed by atoms with van der Waals surface area (Å²) in [5.41, 5.74) is 2.06. The maximum atomic E-state index is 5.75. The molecule has 0 amide bonds. The first kappa shape index (κ1) is 14.9. The second-order valence-electron chi connectivity index (χ2n) is 4.51. The lowest BCUT2D eigenvalue weighted by Crippen LogP contribution is -2.22. The summed E-state index contributed by atoms with van der Waals surface area (Å²) in [6.45, 7) is 10.9. The van der Waals surface area contributed by atoms with Gasteiger partial charge in [0, 0.05) is 42.7 Å². The molecule has 0 bridgehead atoms. The summed E-state index contributed by atoms with van der Waals surface area (Å²) >= 11 is 0. The van der Waals surface area contributed by atoms with Gasteiger partial charge >= 0.3 is 0 Å². The Kier molecular flexibility index (Phi) is 6.68. The topological polar surface area (TPSA) is 43.4 Å². The van der Waals surface area contributed by atoms with Crippen LogP contribution in [0.5, 0.6) is 5.75 Å². The van der Waals surface area contributed by atoms with Gasteiger partial charge in [-0.15, -0.1) is 0 Å². The third kappa shape index (κ3) is 5.47. The van der Waals surface area contributed by atoms with Crippen molar-refractivity contribution in [3.63, 3.8) is 0 Å². The van der Waals surface area contributed by atoms with Gasteiger partial charge < -0.3 is 14.8 Å². The van der Waals surface area contributed by atoms with Crippen LogP contribution in [-0.4, -0.2) is 30.8 Å². The SMILES string of the molecule is CCOCCOc1cc(C)ncc1CNC(C)C.